The molecule has 0 aliphatic heterocycles. The minimum atomic E-state index is -2.22. The number of aromatic hydroxyl groups is 1. The van der Waals surface area contributed by atoms with E-state index >= 15 is 0 Å². The summed E-state index contributed by atoms with van der Waals surface area (Å²) in [7, 11) is 0. The maximum atomic E-state index is 13.1. The molecular weight excluding hydrogens is 324 g/mol. The van der Waals surface area contributed by atoms with E-state index in [-0.39, 0.29) is 47.0 Å². The van der Waals surface area contributed by atoms with Gasteiger partial charge in [-0.25, -0.2) is 0 Å². The Hall–Kier alpha value is -2.02. The molecule has 0 heterocycles. The van der Waals surface area contributed by atoms with Crippen LogP contribution in [0.15, 0.2) is 29.3 Å². The van der Waals surface area contributed by atoms with Gasteiger partial charge in [-0.05, 0) is 24.8 Å². The number of phenols is 1. The molecule has 25 heavy (non-hydrogen) atoms. The summed E-state index contributed by atoms with van der Waals surface area (Å²) in [5, 5.41) is 42.6. The Morgan fingerprint density at radius 1 is 1.12 bits per heavy atom. The molecule has 1 aromatic rings. The highest BCUT2D eigenvalue weighted by atomic mass is 16.4. The van der Waals surface area contributed by atoms with E-state index in [1.54, 1.807) is 0 Å². The second-order valence-corrected chi connectivity index (χ2v) is 7.50. The number of benzene rings is 1. The summed E-state index contributed by atoms with van der Waals surface area (Å²) in [5.74, 6) is -2.28. The Morgan fingerprint density at radius 2 is 1.84 bits per heavy atom. The van der Waals surface area contributed by atoms with Crippen molar-refractivity contribution in [3.63, 3.8) is 0 Å². The average molecular weight is 344 g/mol. The highest BCUT2D eigenvalue weighted by Crippen LogP contribution is 2.54. The predicted octanol–water partition coefficient (Wildman–Crippen LogP) is 1.03. The van der Waals surface area contributed by atoms with Crippen molar-refractivity contribution in [2.75, 3.05) is 0 Å². The first kappa shape index (κ1) is 16.4. The fourth-order valence-corrected chi connectivity index (χ4v) is 4.73. The third-order valence-corrected chi connectivity index (χ3v) is 5.86. The van der Waals surface area contributed by atoms with Gasteiger partial charge in [-0.1, -0.05) is 24.6 Å². The fraction of sp³-hybridized carbons (Fsp3) is 0.474. The van der Waals surface area contributed by atoms with Crippen molar-refractivity contribution >= 4 is 11.6 Å². The van der Waals surface area contributed by atoms with Crippen molar-refractivity contribution in [2.24, 2.45) is 11.8 Å². The van der Waals surface area contributed by atoms with Crippen molar-refractivity contribution in [3.05, 3.63) is 40.5 Å². The molecule has 132 valence electrons. The van der Waals surface area contributed by atoms with E-state index in [4.69, 9.17) is 0 Å². The van der Waals surface area contributed by atoms with Crippen LogP contribution in [0.5, 0.6) is 5.75 Å². The highest BCUT2D eigenvalue weighted by molar-refractivity contribution is 6.11. The maximum absolute atomic E-state index is 13.1. The summed E-state index contributed by atoms with van der Waals surface area (Å²) in [4.78, 5) is 25.7. The number of aliphatic hydroxyl groups excluding tert-OH is 2. The van der Waals surface area contributed by atoms with Crippen LogP contribution in [-0.2, 0) is 4.79 Å². The highest BCUT2D eigenvalue weighted by Gasteiger charge is 2.62. The standard InChI is InChI=1S/C19H20O6/c1-8-5-9-7-13(22)19(25)16(14(9)12(21)6-8)17(23)10-3-2-4-11(20)15(10)18(19)24/h2-4,8,13,16,18,20,22,24-25H,5-7H2,1H3/t8-,13-,16-,18-,19-/m0/s1. The summed E-state index contributed by atoms with van der Waals surface area (Å²) in [6.45, 7) is 1.93. The molecule has 3 aliphatic carbocycles. The van der Waals surface area contributed by atoms with Crippen molar-refractivity contribution in [3.8, 4) is 5.75 Å². The second kappa shape index (κ2) is 5.24. The lowest BCUT2D eigenvalue weighted by Gasteiger charge is -2.51. The molecule has 0 aromatic heterocycles. The molecule has 5 atom stereocenters. The zero-order valence-electron chi connectivity index (χ0n) is 13.8. The van der Waals surface area contributed by atoms with Crippen LogP contribution in [0.2, 0.25) is 0 Å². The van der Waals surface area contributed by atoms with Crippen LogP contribution in [0.3, 0.4) is 0 Å². The van der Waals surface area contributed by atoms with Gasteiger partial charge in [-0.2, -0.15) is 0 Å². The lowest BCUT2D eigenvalue weighted by atomic mass is 9.57. The number of rotatable bonds is 0. The van der Waals surface area contributed by atoms with Gasteiger partial charge in [0, 0.05) is 23.1 Å². The summed E-state index contributed by atoms with van der Waals surface area (Å²) in [6, 6.07) is 4.24. The van der Waals surface area contributed by atoms with Gasteiger partial charge in [0.05, 0.1) is 12.0 Å². The number of ketones is 2. The normalized spacial score (nSPS) is 37.4. The van der Waals surface area contributed by atoms with Gasteiger partial charge >= 0.3 is 0 Å². The number of hydrogen-bond donors (Lipinski definition) is 4. The van der Waals surface area contributed by atoms with Crippen LogP contribution < -0.4 is 0 Å². The van der Waals surface area contributed by atoms with E-state index in [9.17, 15) is 30.0 Å². The molecule has 4 N–H and O–H groups in total. The minimum Gasteiger partial charge on any atom is -0.508 e. The Balaban J connectivity index is 1.98. The molecule has 3 aliphatic rings. The van der Waals surface area contributed by atoms with Crippen LogP contribution >= 0.6 is 0 Å². The lowest BCUT2D eigenvalue weighted by Crippen LogP contribution is -2.62. The number of fused-ring (bicyclic) bond motifs is 3. The van der Waals surface area contributed by atoms with Crippen LogP contribution in [-0.4, -0.2) is 43.7 Å². The van der Waals surface area contributed by atoms with Gasteiger partial charge in [-0.3, -0.25) is 9.59 Å². The van der Waals surface area contributed by atoms with Crippen molar-refractivity contribution < 1.29 is 30.0 Å². The molecule has 0 saturated heterocycles. The third kappa shape index (κ3) is 2.02. The Labute approximate surface area is 144 Å². The number of phenolic OH excluding ortho intramolecular Hbond substituents is 1. The minimum absolute atomic E-state index is 0.0334. The zero-order chi connectivity index (χ0) is 18.1. The predicted molar refractivity (Wildman–Crippen MR) is 86.9 cm³/mol. The smallest absolute Gasteiger partial charge is 0.174 e. The van der Waals surface area contributed by atoms with Gasteiger partial charge in [0.2, 0.25) is 0 Å². The van der Waals surface area contributed by atoms with Gasteiger partial charge in [0.1, 0.15) is 17.5 Å². The van der Waals surface area contributed by atoms with E-state index in [0.29, 0.717) is 12.0 Å². The first-order valence-corrected chi connectivity index (χ1v) is 8.46. The number of aliphatic hydroxyl groups is 3. The maximum Gasteiger partial charge on any atom is 0.174 e. The molecule has 0 bridgehead atoms. The molecule has 4 rings (SSSR count). The Kier molecular flexibility index (Phi) is 3.45. The largest absolute Gasteiger partial charge is 0.508 e. The van der Waals surface area contributed by atoms with Gasteiger partial charge in [0.15, 0.2) is 11.6 Å². The van der Waals surface area contributed by atoms with Crippen LogP contribution in [0.25, 0.3) is 0 Å². The SMILES string of the molecule is C[C@@H]1CC(=O)C2=C(C1)C[C@H](O)[C@]1(O)[C@@H]2C(=O)c2cccc(O)c2[C@@H]1O. The zero-order valence-corrected chi connectivity index (χ0v) is 13.8. The number of Topliss-reactive ketones (excluding diaryl/α,β-unsaturated/α-hetero) is 2. The first-order valence-electron chi connectivity index (χ1n) is 8.46. The van der Waals surface area contributed by atoms with Gasteiger partial charge in [-0.15, -0.1) is 0 Å². The molecule has 0 unspecified atom stereocenters. The van der Waals surface area contributed by atoms with Crippen molar-refractivity contribution in [1.82, 2.24) is 0 Å². The van der Waals surface area contributed by atoms with Crippen LogP contribution in [0.4, 0.5) is 0 Å². The van der Waals surface area contributed by atoms with E-state index in [1.807, 2.05) is 6.92 Å². The fourth-order valence-electron chi connectivity index (χ4n) is 4.73. The molecule has 0 saturated carbocycles. The molecular formula is C19H20O6. The quantitative estimate of drug-likeness (QED) is 0.559. The summed E-state index contributed by atoms with van der Waals surface area (Å²) in [5.41, 5.74) is -1.31. The van der Waals surface area contributed by atoms with Gasteiger partial charge in [0.25, 0.3) is 0 Å². The van der Waals surface area contributed by atoms with Crippen LogP contribution in [0, 0.1) is 11.8 Å². The molecule has 0 amide bonds. The van der Waals surface area contributed by atoms with E-state index < -0.39 is 29.5 Å². The molecule has 6 heteroatoms. The van der Waals surface area contributed by atoms with Crippen LogP contribution in [0.1, 0.15) is 48.2 Å². The molecule has 0 fully saturated rings. The monoisotopic (exact) mass is 344 g/mol. The Morgan fingerprint density at radius 3 is 2.56 bits per heavy atom. The molecule has 6 nitrogen and oxygen atoms in total. The van der Waals surface area contributed by atoms with E-state index in [2.05, 4.69) is 0 Å². The van der Waals surface area contributed by atoms with E-state index in [0.717, 1.165) is 0 Å². The summed E-state index contributed by atoms with van der Waals surface area (Å²) in [6.07, 6.45) is -2.17. The second-order valence-electron chi connectivity index (χ2n) is 7.50. The number of carbonyl (C=O) groups excluding carboxylic acids is 2. The molecule has 0 spiro atoms. The van der Waals surface area contributed by atoms with E-state index in [1.165, 1.54) is 18.2 Å². The topological polar surface area (TPSA) is 115 Å². The van der Waals surface area contributed by atoms with Crippen molar-refractivity contribution in [2.45, 2.75) is 44.0 Å². The first-order chi connectivity index (χ1) is 11.8. The van der Waals surface area contributed by atoms with Crippen molar-refractivity contribution in [1.29, 1.82) is 0 Å². The third-order valence-electron chi connectivity index (χ3n) is 5.86. The number of carbonyl (C=O) groups is 2. The van der Waals surface area contributed by atoms with Gasteiger partial charge < -0.3 is 20.4 Å². The summed E-state index contributed by atoms with van der Waals surface area (Å²) >= 11 is 0. The number of hydrogen-bond acceptors (Lipinski definition) is 6. The summed E-state index contributed by atoms with van der Waals surface area (Å²) < 4.78 is 0. The average Bonchev–Trinajstić information content (AvgIpc) is 2.54. The molecule has 1 aromatic carbocycles. The Bertz CT molecular complexity index is 825. The lowest BCUT2D eigenvalue weighted by molar-refractivity contribution is -0.174. The molecule has 0 radical (unpaired) electrons.